The van der Waals surface area contributed by atoms with Crippen LogP contribution in [0.25, 0.3) is 0 Å². The van der Waals surface area contributed by atoms with Crippen LogP contribution >= 0.6 is 0 Å². The van der Waals surface area contributed by atoms with Gasteiger partial charge in [0.15, 0.2) is 11.5 Å². The molecule has 0 fully saturated rings. The highest BCUT2D eigenvalue weighted by Gasteiger charge is 2.22. The number of carbonyl (C=O) groups excluding carboxylic acids is 1. The number of nitrogens with two attached hydrogens (primary N) is 1. The van der Waals surface area contributed by atoms with Crippen molar-refractivity contribution < 1.29 is 24.1 Å². The average molecular weight is 386 g/mol. The summed E-state index contributed by atoms with van der Waals surface area (Å²) in [7, 11) is 0. The standard InChI is InChI=1S/C21H26N2O5/c22-19-17(9-10-18-20(19)28-15-27-18)13-23(11-5-2-6-12-24)21(25)26-14-16-7-3-1-4-8-16/h1,3-4,7-10,24H,2,5-6,11-15,22H2. The summed E-state index contributed by atoms with van der Waals surface area (Å²) >= 11 is 0. The molecular weight excluding hydrogens is 360 g/mol. The Bertz CT molecular complexity index is 782. The zero-order valence-corrected chi connectivity index (χ0v) is 15.8. The maximum Gasteiger partial charge on any atom is 0.410 e. The Labute approximate surface area is 164 Å². The van der Waals surface area contributed by atoms with Crippen LogP contribution in [-0.2, 0) is 17.9 Å². The topological polar surface area (TPSA) is 94.3 Å². The monoisotopic (exact) mass is 386 g/mol. The maximum absolute atomic E-state index is 12.7. The summed E-state index contributed by atoms with van der Waals surface area (Å²) in [4.78, 5) is 14.3. The zero-order valence-electron chi connectivity index (χ0n) is 15.8. The minimum absolute atomic E-state index is 0.146. The Balaban J connectivity index is 1.66. The van der Waals surface area contributed by atoms with Gasteiger partial charge in [0.25, 0.3) is 0 Å². The smallest absolute Gasteiger partial charge is 0.410 e. The van der Waals surface area contributed by atoms with E-state index in [1.165, 1.54) is 0 Å². The Kier molecular flexibility index (Phi) is 6.97. The minimum Gasteiger partial charge on any atom is -0.454 e. The molecule has 0 atom stereocenters. The van der Waals surface area contributed by atoms with Crippen LogP contribution in [0.15, 0.2) is 42.5 Å². The van der Waals surface area contributed by atoms with Crippen molar-refractivity contribution >= 4 is 11.8 Å². The number of hydrogen-bond donors (Lipinski definition) is 2. The van der Waals surface area contributed by atoms with Crippen LogP contribution < -0.4 is 15.2 Å². The van der Waals surface area contributed by atoms with E-state index in [0.29, 0.717) is 36.7 Å². The van der Waals surface area contributed by atoms with Crippen LogP contribution in [0, 0.1) is 0 Å². The van der Waals surface area contributed by atoms with Crippen molar-refractivity contribution in [2.24, 2.45) is 0 Å². The number of aliphatic hydroxyl groups excluding tert-OH is 1. The molecule has 0 unspecified atom stereocenters. The van der Waals surface area contributed by atoms with Crippen LogP contribution in [0.1, 0.15) is 30.4 Å². The fraction of sp³-hybridized carbons (Fsp3) is 0.381. The van der Waals surface area contributed by atoms with E-state index in [2.05, 4.69) is 0 Å². The molecule has 0 radical (unpaired) electrons. The highest BCUT2D eigenvalue weighted by molar-refractivity contribution is 5.70. The van der Waals surface area contributed by atoms with E-state index in [9.17, 15) is 4.79 Å². The molecule has 2 aromatic rings. The van der Waals surface area contributed by atoms with Crippen molar-refractivity contribution in [3.63, 3.8) is 0 Å². The number of carbonyl (C=O) groups is 1. The van der Waals surface area contributed by atoms with E-state index in [-0.39, 0.29) is 20.0 Å². The number of aliphatic hydroxyl groups is 1. The Hall–Kier alpha value is -2.93. The molecule has 0 spiro atoms. The van der Waals surface area contributed by atoms with Gasteiger partial charge < -0.3 is 30.0 Å². The molecule has 150 valence electrons. The highest BCUT2D eigenvalue weighted by atomic mass is 16.7. The van der Waals surface area contributed by atoms with Crippen LogP contribution in [0.4, 0.5) is 10.5 Å². The average Bonchev–Trinajstić information content (AvgIpc) is 3.20. The minimum atomic E-state index is -0.398. The van der Waals surface area contributed by atoms with Gasteiger partial charge in [-0.25, -0.2) is 4.79 Å². The number of amides is 1. The van der Waals surface area contributed by atoms with Gasteiger partial charge in [-0.05, 0) is 36.5 Å². The molecule has 28 heavy (non-hydrogen) atoms. The molecule has 3 N–H and O–H groups in total. The molecule has 3 rings (SSSR count). The van der Waals surface area contributed by atoms with Crippen molar-refractivity contribution in [3.8, 4) is 11.5 Å². The van der Waals surface area contributed by atoms with Gasteiger partial charge in [0.1, 0.15) is 6.61 Å². The lowest BCUT2D eigenvalue weighted by atomic mass is 10.1. The third kappa shape index (κ3) is 5.07. The first-order valence-corrected chi connectivity index (χ1v) is 9.42. The van der Waals surface area contributed by atoms with Crippen molar-refractivity contribution in [1.29, 1.82) is 0 Å². The van der Waals surface area contributed by atoms with Crippen LogP contribution in [0.2, 0.25) is 0 Å². The maximum atomic E-state index is 12.7. The molecule has 0 bridgehead atoms. The lowest BCUT2D eigenvalue weighted by Gasteiger charge is -2.23. The fourth-order valence-electron chi connectivity index (χ4n) is 3.01. The van der Waals surface area contributed by atoms with Gasteiger partial charge in [0, 0.05) is 13.2 Å². The normalized spacial score (nSPS) is 12.0. The number of nitrogen functional groups attached to an aromatic ring is 1. The zero-order chi connectivity index (χ0) is 19.8. The van der Waals surface area contributed by atoms with Crippen LogP contribution in [0.3, 0.4) is 0 Å². The van der Waals surface area contributed by atoms with E-state index >= 15 is 0 Å². The summed E-state index contributed by atoms with van der Waals surface area (Å²) in [5, 5.41) is 8.96. The van der Waals surface area contributed by atoms with Crippen molar-refractivity contribution in [2.75, 3.05) is 25.7 Å². The number of hydrogen-bond acceptors (Lipinski definition) is 6. The number of anilines is 1. The molecule has 1 aliphatic rings. The van der Waals surface area contributed by atoms with E-state index < -0.39 is 6.09 Å². The number of fused-ring (bicyclic) bond motifs is 1. The molecule has 7 heteroatoms. The van der Waals surface area contributed by atoms with Gasteiger partial charge in [0.2, 0.25) is 6.79 Å². The molecule has 0 saturated carbocycles. The summed E-state index contributed by atoms with van der Waals surface area (Å²) in [5.74, 6) is 1.14. The third-order valence-electron chi connectivity index (χ3n) is 4.58. The second-order valence-electron chi connectivity index (χ2n) is 6.62. The summed E-state index contributed by atoms with van der Waals surface area (Å²) in [5.41, 5.74) is 8.40. The predicted octanol–water partition coefficient (Wildman–Crippen LogP) is 3.30. The molecule has 0 saturated heterocycles. The highest BCUT2D eigenvalue weighted by Crippen LogP contribution is 2.39. The lowest BCUT2D eigenvalue weighted by Crippen LogP contribution is -2.32. The van der Waals surface area contributed by atoms with Gasteiger partial charge >= 0.3 is 6.09 Å². The lowest BCUT2D eigenvalue weighted by molar-refractivity contribution is 0.0928. The van der Waals surface area contributed by atoms with Gasteiger partial charge in [-0.1, -0.05) is 36.4 Å². The Morgan fingerprint density at radius 2 is 1.93 bits per heavy atom. The summed E-state index contributed by atoms with van der Waals surface area (Å²) in [6.45, 7) is 1.33. The number of ether oxygens (including phenoxy) is 3. The number of nitrogens with zero attached hydrogens (tertiary/aromatic N) is 1. The Morgan fingerprint density at radius 1 is 1.11 bits per heavy atom. The first-order chi connectivity index (χ1) is 13.7. The summed E-state index contributed by atoms with van der Waals surface area (Å²) in [6.07, 6.45) is 1.91. The van der Waals surface area contributed by atoms with E-state index in [0.717, 1.165) is 24.0 Å². The first-order valence-electron chi connectivity index (χ1n) is 9.42. The predicted molar refractivity (Wildman–Crippen MR) is 105 cm³/mol. The van der Waals surface area contributed by atoms with E-state index in [4.69, 9.17) is 25.1 Å². The Morgan fingerprint density at radius 3 is 2.71 bits per heavy atom. The van der Waals surface area contributed by atoms with Crippen LogP contribution in [0.5, 0.6) is 11.5 Å². The van der Waals surface area contributed by atoms with Gasteiger partial charge in [-0.15, -0.1) is 0 Å². The van der Waals surface area contributed by atoms with Crippen molar-refractivity contribution in [1.82, 2.24) is 4.90 Å². The number of unbranched alkanes of at least 4 members (excludes halogenated alkanes) is 2. The number of rotatable bonds is 9. The molecular formula is C21H26N2O5. The molecule has 2 aromatic carbocycles. The molecule has 1 aliphatic heterocycles. The molecule has 1 heterocycles. The van der Waals surface area contributed by atoms with Gasteiger partial charge in [0.05, 0.1) is 12.2 Å². The molecule has 0 aromatic heterocycles. The SMILES string of the molecule is Nc1c(CN(CCCCCO)C(=O)OCc2ccccc2)ccc2c1OCO2. The molecule has 7 nitrogen and oxygen atoms in total. The van der Waals surface area contributed by atoms with Crippen molar-refractivity contribution in [3.05, 3.63) is 53.6 Å². The van der Waals surface area contributed by atoms with E-state index in [1.54, 1.807) is 11.0 Å². The van der Waals surface area contributed by atoms with Gasteiger partial charge in [-0.3, -0.25) is 0 Å². The molecule has 0 aliphatic carbocycles. The molecule has 1 amide bonds. The van der Waals surface area contributed by atoms with E-state index in [1.807, 2.05) is 36.4 Å². The fourth-order valence-corrected chi connectivity index (χ4v) is 3.01. The second-order valence-corrected chi connectivity index (χ2v) is 6.62. The number of benzene rings is 2. The quantitative estimate of drug-likeness (QED) is 0.507. The van der Waals surface area contributed by atoms with Gasteiger partial charge in [-0.2, -0.15) is 0 Å². The largest absolute Gasteiger partial charge is 0.454 e. The second kappa shape index (κ2) is 9.85. The van der Waals surface area contributed by atoms with Crippen LogP contribution in [-0.4, -0.2) is 36.0 Å². The summed E-state index contributed by atoms with van der Waals surface area (Å²) < 4.78 is 16.2. The first kappa shape index (κ1) is 19.8. The summed E-state index contributed by atoms with van der Waals surface area (Å²) in [6, 6.07) is 13.2. The third-order valence-corrected chi connectivity index (χ3v) is 4.58. The van der Waals surface area contributed by atoms with Crippen molar-refractivity contribution in [2.45, 2.75) is 32.4 Å².